The summed E-state index contributed by atoms with van der Waals surface area (Å²) in [6.07, 6.45) is -0.640. The number of carbonyl (C=O) groups is 6. The number of likely N-dealkylation sites (N-methyl/N-ethyl adjacent to an activating group) is 1. The molecule has 0 aromatic carbocycles. The van der Waals surface area contributed by atoms with E-state index in [0.717, 1.165) is 11.8 Å². The molecule has 0 spiro atoms. The first-order valence-electron chi connectivity index (χ1n) is 10.2. The molecule has 0 aromatic heterocycles. The number of carboxylic acid groups (broad SMARTS) is 1. The van der Waals surface area contributed by atoms with Crippen LogP contribution in [0.25, 0.3) is 0 Å². The first-order chi connectivity index (χ1) is 15.9. The minimum absolute atomic E-state index is 0.150. The first-order valence-corrected chi connectivity index (χ1v) is 11.2. The lowest BCUT2D eigenvalue weighted by molar-refractivity contribution is -0.138. The fourth-order valence-electron chi connectivity index (χ4n) is 2.90. The van der Waals surface area contributed by atoms with Crippen molar-refractivity contribution in [2.75, 3.05) is 26.0 Å². The summed E-state index contributed by atoms with van der Waals surface area (Å²) in [6.45, 7) is -0.342. The Balaban J connectivity index is 3.35. The molecule has 1 heterocycles. The van der Waals surface area contributed by atoms with E-state index in [1.807, 2.05) is 0 Å². The number of primary amides is 1. The number of nitrogens with one attached hydrogen (secondary N) is 5. The Hall–Kier alpha value is -2.95. The number of hydrogen-bond acceptors (Lipinski definition) is 10. The molecule has 15 nitrogen and oxygen atoms in total. The third-order valence-corrected chi connectivity index (χ3v) is 6.26. The van der Waals surface area contributed by atoms with Gasteiger partial charge in [-0.05, 0) is 14.0 Å². The number of aliphatic carboxylic acids is 1. The van der Waals surface area contributed by atoms with Gasteiger partial charge in [0.25, 0.3) is 0 Å². The highest BCUT2D eigenvalue weighted by atomic mass is 32.2. The van der Waals surface area contributed by atoms with Crippen LogP contribution in [0.1, 0.15) is 13.3 Å². The average molecular weight is 507 g/mol. The van der Waals surface area contributed by atoms with E-state index in [9.17, 15) is 44.1 Å². The number of aliphatic hydroxyl groups is 2. The molecule has 1 fully saturated rings. The van der Waals surface area contributed by atoms with Crippen LogP contribution in [-0.2, 0) is 28.8 Å². The summed E-state index contributed by atoms with van der Waals surface area (Å²) < 4.78 is 0. The molecule has 0 bridgehead atoms. The first kappa shape index (κ1) is 29.1. The topological polar surface area (TPSA) is 249 Å². The number of hydrogen-bond donors (Lipinski definition) is 9. The highest BCUT2D eigenvalue weighted by Gasteiger charge is 2.35. The lowest BCUT2D eigenvalue weighted by atomic mass is 10.1. The molecule has 1 aliphatic rings. The summed E-state index contributed by atoms with van der Waals surface area (Å²) in [6, 6.07) is -6.57. The van der Waals surface area contributed by atoms with Crippen LogP contribution in [0.3, 0.4) is 0 Å². The Labute approximate surface area is 199 Å². The number of carbonyl (C=O) groups excluding carboxylic acids is 5. The van der Waals surface area contributed by atoms with Gasteiger partial charge in [-0.3, -0.25) is 28.8 Å². The minimum atomic E-state index is -1.52. The van der Waals surface area contributed by atoms with Crippen molar-refractivity contribution < 1.29 is 44.1 Å². The van der Waals surface area contributed by atoms with Crippen LogP contribution in [0.15, 0.2) is 0 Å². The molecule has 10 N–H and O–H groups in total. The van der Waals surface area contributed by atoms with Crippen LogP contribution in [0, 0.1) is 0 Å². The smallest absolute Gasteiger partial charge is 0.318 e. The van der Waals surface area contributed by atoms with E-state index in [4.69, 9.17) is 5.73 Å². The second-order valence-corrected chi connectivity index (χ2v) is 8.61. The number of thioether (sulfide) groups is 1. The van der Waals surface area contributed by atoms with Gasteiger partial charge < -0.3 is 47.6 Å². The third kappa shape index (κ3) is 8.44. The SMILES string of the molecule is CNC1CSC(C(=O)O)[C@@H](CO)NC(=O)C(CC(N)=O)NC(=O)[C@H](C)NC(=O)C(CO)NC1=O. The van der Waals surface area contributed by atoms with Crippen molar-refractivity contribution in [3.63, 3.8) is 0 Å². The zero-order valence-electron chi connectivity index (χ0n) is 18.6. The summed E-state index contributed by atoms with van der Waals surface area (Å²) in [7, 11) is 1.42. The Bertz CT molecular complexity index is 798. The molecule has 1 saturated heterocycles. The van der Waals surface area contributed by atoms with Crippen molar-refractivity contribution in [1.29, 1.82) is 0 Å². The Kier molecular flexibility index (Phi) is 11.7. The summed E-state index contributed by atoms with van der Waals surface area (Å²) in [5.41, 5.74) is 5.15. The zero-order valence-corrected chi connectivity index (χ0v) is 19.4. The summed E-state index contributed by atoms with van der Waals surface area (Å²) in [5.74, 6) is -6.02. The van der Waals surface area contributed by atoms with E-state index in [0.29, 0.717) is 0 Å². The van der Waals surface area contributed by atoms with Crippen LogP contribution in [0.2, 0.25) is 0 Å². The maximum atomic E-state index is 12.7. The van der Waals surface area contributed by atoms with Crippen LogP contribution in [0.5, 0.6) is 0 Å². The zero-order chi connectivity index (χ0) is 26.0. The lowest BCUT2D eigenvalue weighted by Gasteiger charge is -2.28. The minimum Gasteiger partial charge on any atom is -0.480 e. The van der Waals surface area contributed by atoms with E-state index < -0.39 is 90.6 Å². The molecule has 0 aromatic rings. The number of amides is 5. The van der Waals surface area contributed by atoms with E-state index in [2.05, 4.69) is 26.6 Å². The molecular weight excluding hydrogens is 476 g/mol. The van der Waals surface area contributed by atoms with E-state index in [1.165, 1.54) is 14.0 Å². The number of rotatable bonds is 6. The van der Waals surface area contributed by atoms with Gasteiger partial charge in [-0.15, -0.1) is 11.8 Å². The monoisotopic (exact) mass is 506 g/mol. The predicted molar refractivity (Wildman–Crippen MR) is 118 cm³/mol. The van der Waals surface area contributed by atoms with Crippen LogP contribution < -0.4 is 32.3 Å². The lowest BCUT2D eigenvalue weighted by Crippen LogP contribution is -2.60. The average Bonchev–Trinajstić information content (AvgIpc) is 2.76. The highest BCUT2D eigenvalue weighted by Crippen LogP contribution is 2.18. The maximum absolute atomic E-state index is 12.7. The van der Waals surface area contributed by atoms with Gasteiger partial charge in [0, 0.05) is 5.75 Å². The van der Waals surface area contributed by atoms with Gasteiger partial charge in [-0.2, -0.15) is 0 Å². The van der Waals surface area contributed by atoms with Crippen molar-refractivity contribution >= 4 is 47.3 Å². The van der Waals surface area contributed by atoms with Gasteiger partial charge in [0.15, 0.2) is 0 Å². The summed E-state index contributed by atoms with van der Waals surface area (Å²) in [5, 5.41) is 39.2. The molecule has 6 atom stereocenters. The highest BCUT2D eigenvalue weighted by molar-refractivity contribution is 8.00. The molecule has 192 valence electrons. The second kappa shape index (κ2) is 13.7. The number of carboxylic acids is 1. The Morgan fingerprint density at radius 1 is 0.971 bits per heavy atom. The molecule has 1 rings (SSSR count). The van der Waals surface area contributed by atoms with Crippen LogP contribution in [0.4, 0.5) is 0 Å². The third-order valence-electron chi connectivity index (χ3n) is 4.85. The fraction of sp³-hybridized carbons (Fsp3) is 0.667. The van der Waals surface area contributed by atoms with Crippen LogP contribution >= 0.6 is 11.8 Å². The van der Waals surface area contributed by atoms with Gasteiger partial charge in [0.2, 0.25) is 29.5 Å². The molecular formula is C18H30N6O9S. The quantitative estimate of drug-likeness (QED) is 0.164. The largest absolute Gasteiger partial charge is 0.480 e. The fourth-order valence-corrected chi connectivity index (χ4v) is 4.15. The van der Waals surface area contributed by atoms with Crippen molar-refractivity contribution in [1.82, 2.24) is 26.6 Å². The van der Waals surface area contributed by atoms with E-state index >= 15 is 0 Å². The van der Waals surface area contributed by atoms with E-state index in [1.54, 1.807) is 0 Å². The molecule has 0 radical (unpaired) electrons. The maximum Gasteiger partial charge on any atom is 0.318 e. The van der Waals surface area contributed by atoms with Crippen molar-refractivity contribution in [2.24, 2.45) is 5.73 Å². The molecule has 34 heavy (non-hydrogen) atoms. The Morgan fingerprint density at radius 2 is 1.56 bits per heavy atom. The van der Waals surface area contributed by atoms with Gasteiger partial charge in [0.05, 0.1) is 31.7 Å². The molecule has 0 aliphatic carbocycles. The standard InChI is InChI=1S/C18H30N6O9S/c1-7-14(28)22-8(3-12(19)27)15(29)23-9(4-25)13(18(32)33)34-6-11(20-2)17(31)24-10(5-26)16(30)21-7/h7-11,13,20,25-26H,3-6H2,1-2H3,(H2,19,27)(H,21,30)(H,22,28)(H,23,29)(H,24,31)(H,32,33)/t7-,8?,9+,10?,11?,13?/m0/s1. The van der Waals surface area contributed by atoms with Gasteiger partial charge in [-0.25, -0.2) is 0 Å². The normalized spacial score (nSPS) is 29.9. The van der Waals surface area contributed by atoms with Gasteiger partial charge in [0.1, 0.15) is 23.4 Å². The number of nitrogens with two attached hydrogens (primary N) is 1. The summed E-state index contributed by atoms with van der Waals surface area (Å²) >= 11 is 0.723. The van der Waals surface area contributed by atoms with Gasteiger partial charge in [-0.1, -0.05) is 0 Å². The summed E-state index contributed by atoms with van der Waals surface area (Å²) in [4.78, 5) is 73.4. The molecule has 1 aliphatic heterocycles. The van der Waals surface area contributed by atoms with Gasteiger partial charge >= 0.3 is 5.97 Å². The van der Waals surface area contributed by atoms with E-state index in [-0.39, 0.29) is 5.75 Å². The Morgan fingerprint density at radius 3 is 2.06 bits per heavy atom. The predicted octanol–water partition coefficient (Wildman–Crippen LogP) is -5.41. The molecule has 4 unspecified atom stereocenters. The van der Waals surface area contributed by atoms with Crippen molar-refractivity contribution in [2.45, 2.75) is 48.8 Å². The van der Waals surface area contributed by atoms with Crippen LogP contribution in [-0.4, -0.2) is 112 Å². The van der Waals surface area contributed by atoms with Crippen molar-refractivity contribution in [3.8, 4) is 0 Å². The molecule has 5 amide bonds. The van der Waals surface area contributed by atoms with Crippen molar-refractivity contribution in [3.05, 3.63) is 0 Å². The second-order valence-electron chi connectivity index (χ2n) is 7.44. The molecule has 0 saturated carbocycles. The molecule has 16 heteroatoms. The number of aliphatic hydroxyl groups excluding tert-OH is 2.